The van der Waals surface area contributed by atoms with Gasteiger partial charge in [0.15, 0.2) is 0 Å². The van der Waals surface area contributed by atoms with Crippen LogP contribution in [0.3, 0.4) is 0 Å². The van der Waals surface area contributed by atoms with Gasteiger partial charge in [0.2, 0.25) is 0 Å². The molecule has 0 aliphatic carbocycles. The second-order valence-electron chi connectivity index (χ2n) is 2.36. The van der Waals surface area contributed by atoms with E-state index in [0.717, 1.165) is 0 Å². The zero-order chi connectivity index (χ0) is 9.84. The van der Waals surface area contributed by atoms with E-state index < -0.39 is 6.09 Å². The van der Waals surface area contributed by atoms with Crippen molar-refractivity contribution in [3.63, 3.8) is 0 Å². The number of methoxy groups -OCH3 is 1. The maximum absolute atomic E-state index is 10.8. The highest BCUT2D eigenvalue weighted by atomic mass is 35.5. The number of nitrogens with two attached hydrogens (primary N) is 1. The fraction of sp³-hybridized carbons (Fsp3) is 0.125. The number of halogens is 1. The molecule has 1 aromatic rings. The quantitative estimate of drug-likeness (QED) is 0.683. The van der Waals surface area contributed by atoms with Crippen molar-refractivity contribution in [2.45, 2.75) is 0 Å². The van der Waals surface area contributed by atoms with Crippen LogP contribution in [0.5, 0.6) is 0 Å². The average molecular weight is 201 g/mol. The van der Waals surface area contributed by atoms with Crippen molar-refractivity contribution in [3.8, 4) is 0 Å². The van der Waals surface area contributed by atoms with Crippen LogP contribution >= 0.6 is 11.6 Å². The summed E-state index contributed by atoms with van der Waals surface area (Å²) >= 11 is 5.77. The normalized spacial score (nSPS) is 9.38. The van der Waals surface area contributed by atoms with Crippen LogP contribution in [-0.2, 0) is 4.74 Å². The lowest BCUT2D eigenvalue weighted by Crippen LogP contribution is -2.11. The van der Waals surface area contributed by atoms with E-state index in [0.29, 0.717) is 16.4 Å². The Kier molecular flexibility index (Phi) is 2.97. The molecule has 70 valence electrons. The molecule has 0 atom stereocenters. The Bertz CT molecular complexity index is 328. The number of hydrogen-bond donors (Lipinski definition) is 2. The van der Waals surface area contributed by atoms with E-state index in [-0.39, 0.29) is 0 Å². The molecule has 0 heterocycles. The molecular weight excluding hydrogens is 192 g/mol. The number of rotatable bonds is 1. The Morgan fingerprint density at radius 1 is 1.62 bits per heavy atom. The molecule has 3 N–H and O–H groups in total. The summed E-state index contributed by atoms with van der Waals surface area (Å²) in [6.07, 6.45) is -0.576. The maximum atomic E-state index is 10.8. The lowest BCUT2D eigenvalue weighted by molar-refractivity contribution is 0.187. The van der Waals surface area contributed by atoms with E-state index in [2.05, 4.69) is 10.1 Å². The van der Waals surface area contributed by atoms with Gasteiger partial charge in [-0.3, -0.25) is 5.32 Å². The monoisotopic (exact) mass is 200 g/mol. The van der Waals surface area contributed by atoms with Gasteiger partial charge in [-0.1, -0.05) is 11.6 Å². The largest absolute Gasteiger partial charge is 0.453 e. The average Bonchev–Trinajstić information content (AvgIpc) is 2.11. The topological polar surface area (TPSA) is 64.3 Å². The lowest BCUT2D eigenvalue weighted by atomic mass is 10.3. The van der Waals surface area contributed by atoms with Crippen LogP contribution in [0, 0.1) is 0 Å². The van der Waals surface area contributed by atoms with Crippen molar-refractivity contribution in [1.82, 2.24) is 0 Å². The number of hydrogen-bond acceptors (Lipinski definition) is 3. The summed E-state index contributed by atoms with van der Waals surface area (Å²) in [7, 11) is 1.27. The molecule has 0 aromatic heterocycles. The van der Waals surface area contributed by atoms with Gasteiger partial charge in [0.1, 0.15) is 0 Å². The summed E-state index contributed by atoms with van der Waals surface area (Å²) in [6.45, 7) is 0. The number of amides is 1. The molecule has 0 fully saturated rings. The maximum Gasteiger partial charge on any atom is 0.411 e. The number of anilines is 2. The number of benzene rings is 1. The summed E-state index contributed by atoms with van der Waals surface area (Å²) in [6, 6.07) is 4.80. The van der Waals surface area contributed by atoms with Gasteiger partial charge in [-0.2, -0.15) is 0 Å². The van der Waals surface area contributed by atoms with E-state index in [1.54, 1.807) is 18.2 Å². The summed E-state index contributed by atoms with van der Waals surface area (Å²) < 4.78 is 4.40. The summed E-state index contributed by atoms with van der Waals surface area (Å²) in [4.78, 5) is 10.8. The Morgan fingerprint density at radius 3 is 2.92 bits per heavy atom. The molecule has 0 bridgehead atoms. The van der Waals surface area contributed by atoms with Crippen molar-refractivity contribution in [1.29, 1.82) is 0 Å². The van der Waals surface area contributed by atoms with Crippen molar-refractivity contribution >= 4 is 29.1 Å². The molecule has 0 aliphatic rings. The minimum atomic E-state index is -0.576. The minimum Gasteiger partial charge on any atom is -0.453 e. The lowest BCUT2D eigenvalue weighted by Gasteiger charge is -2.05. The Hall–Kier alpha value is -1.42. The zero-order valence-corrected chi connectivity index (χ0v) is 7.76. The van der Waals surface area contributed by atoms with Crippen LogP contribution in [0.25, 0.3) is 0 Å². The molecule has 5 heteroatoms. The molecule has 0 spiro atoms. The Morgan fingerprint density at radius 2 is 2.31 bits per heavy atom. The van der Waals surface area contributed by atoms with Crippen LogP contribution in [0.15, 0.2) is 18.2 Å². The zero-order valence-electron chi connectivity index (χ0n) is 7.00. The summed E-state index contributed by atoms with van der Waals surface area (Å²) in [5, 5.41) is 2.84. The van der Waals surface area contributed by atoms with E-state index >= 15 is 0 Å². The number of nitrogens with one attached hydrogen (secondary N) is 1. The van der Waals surface area contributed by atoms with Crippen molar-refractivity contribution in [2.75, 3.05) is 18.2 Å². The van der Waals surface area contributed by atoms with Crippen molar-refractivity contribution < 1.29 is 9.53 Å². The molecule has 1 amide bonds. The van der Waals surface area contributed by atoms with E-state index in [4.69, 9.17) is 17.3 Å². The van der Waals surface area contributed by atoms with Crippen molar-refractivity contribution in [3.05, 3.63) is 23.2 Å². The predicted octanol–water partition coefficient (Wildman–Crippen LogP) is 2.10. The minimum absolute atomic E-state index is 0.416. The highest BCUT2D eigenvalue weighted by Gasteiger charge is 2.04. The molecule has 0 unspecified atom stereocenters. The van der Waals surface area contributed by atoms with Crippen LogP contribution in [0.4, 0.5) is 16.2 Å². The molecule has 13 heavy (non-hydrogen) atoms. The van der Waals surface area contributed by atoms with Gasteiger partial charge < -0.3 is 10.5 Å². The first-order chi connectivity index (χ1) is 6.13. The second kappa shape index (κ2) is 4.00. The molecule has 0 radical (unpaired) electrons. The van der Waals surface area contributed by atoms with Crippen molar-refractivity contribution in [2.24, 2.45) is 0 Å². The Balaban J connectivity index is 2.87. The van der Waals surface area contributed by atoms with Crippen LogP contribution < -0.4 is 11.1 Å². The molecule has 1 rings (SSSR count). The molecule has 4 nitrogen and oxygen atoms in total. The van der Waals surface area contributed by atoms with Crippen LogP contribution in [0.2, 0.25) is 5.02 Å². The summed E-state index contributed by atoms with van der Waals surface area (Å²) in [5.74, 6) is 0. The fourth-order valence-corrected chi connectivity index (χ4v) is 0.964. The highest BCUT2D eigenvalue weighted by molar-refractivity contribution is 6.33. The first-order valence-electron chi connectivity index (χ1n) is 3.53. The predicted molar refractivity (Wildman–Crippen MR) is 51.9 cm³/mol. The van der Waals surface area contributed by atoms with Gasteiger partial charge in [0.05, 0.1) is 17.8 Å². The first kappa shape index (κ1) is 9.67. The summed E-state index contributed by atoms with van der Waals surface area (Å²) in [5.41, 5.74) is 6.46. The van der Waals surface area contributed by atoms with Gasteiger partial charge in [0.25, 0.3) is 0 Å². The molecular formula is C8H9ClN2O2. The molecule has 0 aliphatic heterocycles. The number of nitrogen functional groups attached to an aromatic ring is 1. The highest BCUT2D eigenvalue weighted by Crippen LogP contribution is 2.23. The SMILES string of the molecule is COC(=O)Nc1cc(N)ccc1Cl. The number of carbonyl (C=O) groups is 1. The molecule has 1 aromatic carbocycles. The van der Waals surface area contributed by atoms with Crippen LogP contribution in [0.1, 0.15) is 0 Å². The molecule has 0 saturated heterocycles. The third-order valence-corrected chi connectivity index (χ3v) is 1.74. The smallest absolute Gasteiger partial charge is 0.411 e. The van der Waals surface area contributed by atoms with Crippen LogP contribution in [-0.4, -0.2) is 13.2 Å². The van der Waals surface area contributed by atoms with E-state index in [9.17, 15) is 4.79 Å². The standard InChI is InChI=1S/C8H9ClN2O2/c1-13-8(12)11-7-4-5(10)2-3-6(7)9/h2-4H,10H2,1H3,(H,11,12). The van der Waals surface area contributed by atoms with Gasteiger partial charge in [-0.25, -0.2) is 4.79 Å². The van der Waals surface area contributed by atoms with Gasteiger partial charge in [-0.15, -0.1) is 0 Å². The van der Waals surface area contributed by atoms with Gasteiger partial charge in [0, 0.05) is 5.69 Å². The first-order valence-corrected chi connectivity index (χ1v) is 3.91. The van der Waals surface area contributed by atoms with Gasteiger partial charge >= 0.3 is 6.09 Å². The van der Waals surface area contributed by atoms with E-state index in [1.807, 2.05) is 0 Å². The Labute approximate surface area is 80.6 Å². The number of carbonyl (C=O) groups excluding carboxylic acids is 1. The second-order valence-corrected chi connectivity index (χ2v) is 2.76. The van der Waals surface area contributed by atoms with Gasteiger partial charge in [-0.05, 0) is 18.2 Å². The fourth-order valence-electron chi connectivity index (χ4n) is 0.800. The third kappa shape index (κ3) is 2.52. The molecule has 0 saturated carbocycles. The van der Waals surface area contributed by atoms with E-state index in [1.165, 1.54) is 7.11 Å². The third-order valence-electron chi connectivity index (χ3n) is 1.41. The number of ether oxygens (including phenoxy) is 1.